The van der Waals surface area contributed by atoms with Crippen LogP contribution in [0.25, 0.3) is 11.4 Å². The number of hydrogen-bond acceptors (Lipinski definition) is 11. The summed E-state index contributed by atoms with van der Waals surface area (Å²) in [6.07, 6.45) is 8.55. The van der Waals surface area contributed by atoms with Crippen molar-refractivity contribution in [3.8, 4) is 17.1 Å². The summed E-state index contributed by atoms with van der Waals surface area (Å²) in [6, 6.07) is 5.89. The molecule has 0 unspecified atom stereocenters. The molecule has 0 radical (unpaired) electrons. The smallest absolute Gasteiger partial charge is 0.343 e. The summed E-state index contributed by atoms with van der Waals surface area (Å²) >= 11 is 0. The molecule has 0 spiro atoms. The molecular formula is C27H34N10O3. The fourth-order valence-electron chi connectivity index (χ4n) is 4.58. The van der Waals surface area contributed by atoms with Gasteiger partial charge in [0.25, 0.3) is 0 Å². The molecule has 0 atom stereocenters. The highest BCUT2D eigenvalue weighted by atomic mass is 16.5. The number of likely N-dealkylation sites (tertiary alicyclic amines) is 1. The number of hydrogen-bond donors (Lipinski definition) is 2. The molecule has 0 amide bonds. The Kier molecular flexibility index (Phi) is 7.91. The number of nitrogens with one attached hydrogen (secondary N) is 2. The van der Waals surface area contributed by atoms with Crippen molar-refractivity contribution >= 4 is 29.1 Å². The van der Waals surface area contributed by atoms with Crippen LogP contribution >= 0.6 is 0 Å². The first kappa shape index (κ1) is 27.1. The standard InChI is InChI=1S/C27H34N10O3/c1-17(2)40-26(38)21-14-28-27(31-18-13-30-37(15-18)19-9-11-35(3)12-10-19)33-25(21)32-22-8-6-7-20(23(22)39-5)24-29-16-36(4)34-24/h6-8,13-17,19H,9-12H2,1-5H3,(H2,28,31,32,33). The van der Waals surface area contributed by atoms with Crippen molar-refractivity contribution in [3.63, 3.8) is 0 Å². The van der Waals surface area contributed by atoms with Crippen molar-refractivity contribution in [3.05, 3.63) is 48.7 Å². The molecule has 0 aliphatic carbocycles. The molecule has 1 aliphatic heterocycles. The fourth-order valence-corrected chi connectivity index (χ4v) is 4.58. The molecule has 40 heavy (non-hydrogen) atoms. The molecule has 2 N–H and O–H groups in total. The van der Waals surface area contributed by atoms with E-state index in [1.54, 1.807) is 45.2 Å². The first-order valence-corrected chi connectivity index (χ1v) is 13.2. The van der Waals surface area contributed by atoms with Gasteiger partial charge in [0.15, 0.2) is 17.4 Å². The Morgan fingerprint density at radius 3 is 2.60 bits per heavy atom. The fraction of sp³-hybridized carbons (Fsp3) is 0.407. The molecule has 13 nitrogen and oxygen atoms in total. The quantitative estimate of drug-likeness (QED) is 0.297. The molecule has 4 aromatic rings. The number of anilines is 4. The Morgan fingerprint density at radius 1 is 1.10 bits per heavy atom. The number of nitrogens with zero attached hydrogens (tertiary/aromatic N) is 8. The lowest BCUT2D eigenvalue weighted by molar-refractivity contribution is 0.0378. The van der Waals surface area contributed by atoms with Crippen LogP contribution in [0, 0.1) is 0 Å². The predicted molar refractivity (Wildman–Crippen MR) is 150 cm³/mol. The molecule has 1 fully saturated rings. The van der Waals surface area contributed by atoms with Gasteiger partial charge in [-0.2, -0.15) is 15.2 Å². The number of rotatable bonds is 9. The van der Waals surface area contributed by atoms with Crippen molar-refractivity contribution in [2.24, 2.45) is 7.05 Å². The minimum Gasteiger partial charge on any atom is -0.494 e. The number of benzene rings is 1. The van der Waals surface area contributed by atoms with Crippen molar-refractivity contribution < 1.29 is 14.3 Å². The molecule has 1 saturated heterocycles. The van der Waals surface area contributed by atoms with Crippen molar-refractivity contribution in [1.82, 2.24) is 39.4 Å². The number of piperidine rings is 1. The van der Waals surface area contributed by atoms with Crippen LogP contribution in [0.1, 0.15) is 43.1 Å². The molecule has 0 saturated carbocycles. The highest BCUT2D eigenvalue weighted by molar-refractivity contribution is 5.96. The topological polar surface area (TPSA) is 137 Å². The molecule has 13 heteroatoms. The van der Waals surface area contributed by atoms with Gasteiger partial charge in [-0.15, -0.1) is 0 Å². The third-order valence-corrected chi connectivity index (χ3v) is 6.58. The number of esters is 1. The highest BCUT2D eigenvalue weighted by Gasteiger charge is 2.22. The summed E-state index contributed by atoms with van der Waals surface area (Å²) in [7, 11) is 5.50. The number of ether oxygens (including phenoxy) is 2. The van der Waals surface area contributed by atoms with Gasteiger partial charge in [-0.1, -0.05) is 6.07 Å². The zero-order valence-corrected chi connectivity index (χ0v) is 23.3. The van der Waals surface area contributed by atoms with Crippen molar-refractivity contribution in [2.75, 3.05) is 37.9 Å². The average molecular weight is 547 g/mol. The molecule has 4 heterocycles. The summed E-state index contributed by atoms with van der Waals surface area (Å²) in [6.45, 7) is 5.66. The third kappa shape index (κ3) is 6.04. The maximum absolute atomic E-state index is 12.9. The van der Waals surface area contributed by atoms with E-state index in [0.717, 1.165) is 31.6 Å². The van der Waals surface area contributed by atoms with Crippen LogP contribution in [0.3, 0.4) is 0 Å². The zero-order valence-electron chi connectivity index (χ0n) is 23.3. The monoisotopic (exact) mass is 546 g/mol. The molecule has 3 aromatic heterocycles. The molecule has 210 valence electrons. The Balaban J connectivity index is 1.44. The average Bonchev–Trinajstić information content (AvgIpc) is 3.58. The summed E-state index contributed by atoms with van der Waals surface area (Å²) < 4.78 is 14.8. The van der Waals surface area contributed by atoms with Crippen LogP contribution in [0.2, 0.25) is 0 Å². The van der Waals surface area contributed by atoms with Crippen LogP contribution in [0.15, 0.2) is 43.1 Å². The van der Waals surface area contributed by atoms with Gasteiger partial charge in [0.05, 0.1) is 42.4 Å². The summed E-state index contributed by atoms with van der Waals surface area (Å²) in [5.74, 6) is 1.03. The Hall–Kier alpha value is -4.52. The lowest BCUT2D eigenvalue weighted by Crippen LogP contribution is -2.31. The van der Waals surface area contributed by atoms with Gasteiger partial charge in [0, 0.05) is 19.4 Å². The Labute approximate surface area is 232 Å². The second kappa shape index (κ2) is 11.7. The predicted octanol–water partition coefficient (Wildman–Crippen LogP) is 3.80. The van der Waals surface area contributed by atoms with Crippen LogP contribution in [0.4, 0.5) is 23.1 Å². The number of aryl methyl sites for hydroxylation is 1. The highest BCUT2D eigenvalue weighted by Crippen LogP contribution is 2.37. The van der Waals surface area contributed by atoms with Crippen molar-refractivity contribution in [1.29, 1.82) is 0 Å². The molecular weight excluding hydrogens is 512 g/mol. The van der Waals surface area contributed by atoms with Crippen molar-refractivity contribution in [2.45, 2.75) is 38.8 Å². The van der Waals surface area contributed by atoms with E-state index in [9.17, 15) is 4.79 Å². The lowest BCUT2D eigenvalue weighted by atomic mass is 10.1. The number of carbonyl (C=O) groups is 1. The van der Waals surface area contributed by atoms with Gasteiger partial charge in [0.2, 0.25) is 5.95 Å². The second-order valence-electron chi connectivity index (χ2n) is 10.0. The number of methoxy groups -OCH3 is 1. The normalized spacial score (nSPS) is 14.3. The van der Waals surface area contributed by atoms with E-state index < -0.39 is 5.97 Å². The summed E-state index contributed by atoms with van der Waals surface area (Å²) in [5.41, 5.74) is 2.20. The molecule has 1 aromatic carbocycles. The summed E-state index contributed by atoms with van der Waals surface area (Å²) in [4.78, 5) is 28.6. The second-order valence-corrected chi connectivity index (χ2v) is 10.0. The van der Waals surface area contributed by atoms with E-state index in [4.69, 9.17) is 9.47 Å². The van der Waals surface area contributed by atoms with E-state index in [1.807, 2.05) is 29.1 Å². The third-order valence-electron chi connectivity index (χ3n) is 6.58. The maximum Gasteiger partial charge on any atom is 0.343 e. The van der Waals surface area contributed by atoms with Crippen LogP contribution < -0.4 is 15.4 Å². The number of carbonyl (C=O) groups excluding carboxylic acids is 1. The van der Waals surface area contributed by atoms with Gasteiger partial charge in [0.1, 0.15) is 11.9 Å². The number of para-hydroxylation sites is 1. The Bertz CT molecular complexity index is 1470. The zero-order chi connectivity index (χ0) is 28.2. The SMILES string of the molecule is COc1c(Nc2nc(Nc3cnn(C4CCN(C)CC4)c3)ncc2C(=O)OC(C)C)cccc1-c1ncn(C)n1. The van der Waals surface area contributed by atoms with Gasteiger partial charge in [-0.05, 0) is 59.0 Å². The molecule has 1 aliphatic rings. The lowest BCUT2D eigenvalue weighted by Gasteiger charge is -2.28. The number of aromatic nitrogens is 7. The van der Waals surface area contributed by atoms with Gasteiger partial charge >= 0.3 is 5.97 Å². The van der Waals surface area contributed by atoms with Gasteiger partial charge < -0.3 is 25.0 Å². The van der Waals surface area contributed by atoms with E-state index >= 15 is 0 Å². The van der Waals surface area contributed by atoms with Gasteiger partial charge in [-0.25, -0.2) is 14.8 Å². The minimum absolute atomic E-state index is 0.185. The molecule has 5 rings (SSSR count). The minimum atomic E-state index is -0.541. The van der Waals surface area contributed by atoms with Crippen LogP contribution in [-0.4, -0.2) is 78.7 Å². The molecule has 0 bridgehead atoms. The van der Waals surface area contributed by atoms with E-state index in [-0.39, 0.29) is 17.5 Å². The van der Waals surface area contributed by atoms with E-state index in [2.05, 4.69) is 47.7 Å². The van der Waals surface area contributed by atoms with Gasteiger partial charge in [-0.3, -0.25) is 9.36 Å². The van der Waals surface area contributed by atoms with Crippen LogP contribution in [-0.2, 0) is 11.8 Å². The van der Waals surface area contributed by atoms with Crippen LogP contribution in [0.5, 0.6) is 5.75 Å². The van der Waals surface area contributed by atoms with E-state index in [0.29, 0.717) is 34.8 Å². The maximum atomic E-state index is 12.9. The largest absolute Gasteiger partial charge is 0.494 e. The first-order chi connectivity index (χ1) is 19.3. The Morgan fingerprint density at radius 2 is 1.90 bits per heavy atom. The first-order valence-electron chi connectivity index (χ1n) is 13.2. The summed E-state index contributed by atoms with van der Waals surface area (Å²) in [5, 5.41) is 15.4. The van der Waals surface area contributed by atoms with E-state index in [1.165, 1.54) is 6.20 Å².